The molecule has 1 aromatic carbocycles. The molecule has 7 nitrogen and oxygen atoms in total. The number of nitrogens with zero attached hydrogens (tertiary/aromatic N) is 2. The van der Waals surface area contributed by atoms with Crippen molar-refractivity contribution in [2.45, 2.75) is 19.3 Å². The topological polar surface area (TPSA) is 85.5 Å². The Morgan fingerprint density at radius 1 is 1.04 bits per heavy atom. The molecule has 0 bridgehead atoms. The first-order valence-electron chi connectivity index (χ1n) is 9.22. The number of nitrogens with one attached hydrogen (secondary N) is 2. The number of amides is 3. The van der Waals surface area contributed by atoms with Crippen LogP contribution in [0.15, 0.2) is 36.5 Å². The van der Waals surface area contributed by atoms with Crippen LogP contribution < -0.4 is 5.32 Å². The van der Waals surface area contributed by atoms with Gasteiger partial charge in [-0.3, -0.25) is 14.4 Å². The average Bonchev–Trinajstić information content (AvgIpc) is 3.21. The predicted molar refractivity (Wildman–Crippen MR) is 100 cm³/mol. The maximum Gasteiger partial charge on any atom is 0.253 e. The molecule has 0 radical (unpaired) electrons. The van der Waals surface area contributed by atoms with Crippen LogP contribution in [-0.2, 0) is 22.4 Å². The number of hydrogen-bond acceptors (Lipinski definition) is 3. The summed E-state index contributed by atoms with van der Waals surface area (Å²) < 4.78 is 0. The summed E-state index contributed by atoms with van der Waals surface area (Å²) in [6, 6.07) is 9.13. The third-order valence-electron chi connectivity index (χ3n) is 5.12. The van der Waals surface area contributed by atoms with E-state index in [9.17, 15) is 14.4 Å². The minimum Gasteiger partial charge on any atom is -0.365 e. The van der Waals surface area contributed by atoms with Crippen LogP contribution >= 0.6 is 0 Å². The minimum atomic E-state index is -0.0455. The van der Waals surface area contributed by atoms with Gasteiger partial charge in [0.1, 0.15) is 0 Å². The standard InChI is InChI=1S/C20H22N4O3/c25-18-12-15-11-14(4-5-17(15)22-18)20(27)24-8-2-7-23(9-10-24)19(26)13-16-3-1-6-21-16/h1,3-6,11,21H,2,7-10,12-13H2,(H,22,25). The van der Waals surface area contributed by atoms with Crippen LogP contribution in [0.4, 0.5) is 5.69 Å². The lowest BCUT2D eigenvalue weighted by Gasteiger charge is -2.22. The van der Waals surface area contributed by atoms with Gasteiger partial charge in [-0.15, -0.1) is 0 Å². The number of benzene rings is 1. The molecule has 140 valence electrons. The Morgan fingerprint density at radius 2 is 1.85 bits per heavy atom. The quantitative estimate of drug-likeness (QED) is 0.862. The van der Waals surface area contributed by atoms with Crippen molar-refractivity contribution >= 4 is 23.4 Å². The van der Waals surface area contributed by atoms with E-state index in [1.165, 1.54) is 0 Å². The second-order valence-electron chi connectivity index (χ2n) is 7.00. The highest BCUT2D eigenvalue weighted by Crippen LogP contribution is 2.24. The van der Waals surface area contributed by atoms with Crippen molar-refractivity contribution in [3.63, 3.8) is 0 Å². The number of aromatic amines is 1. The number of aromatic nitrogens is 1. The lowest BCUT2D eigenvalue weighted by Crippen LogP contribution is -2.38. The van der Waals surface area contributed by atoms with Crippen molar-refractivity contribution < 1.29 is 14.4 Å². The molecule has 7 heteroatoms. The first-order valence-corrected chi connectivity index (χ1v) is 9.22. The molecule has 3 heterocycles. The third kappa shape index (κ3) is 3.72. The third-order valence-corrected chi connectivity index (χ3v) is 5.12. The molecule has 1 fully saturated rings. The van der Waals surface area contributed by atoms with E-state index < -0.39 is 0 Å². The van der Waals surface area contributed by atoms with Gasteiger partial charge in [0.25, 0.3) is 5.91 Å². The van der Waals surface area contributed by atoms with Gasteiger partial charge in [0.2, 0.25) is 11.8 Å². The molecule has 0 saturated carbocycles. The van der Waals surface area contributed by atoms with Crippen LogP contribution in [-0.4, -0.2) is 58.7 Å². The first-order chi connectivity index (χ1) is 13.1. The van der Waals surface area contributed by atoms with Crippen LogP contribution in [0.3, 0.4) is 0 Å². The second kappa shape index (κ2) is 7.26. The monoisotopic (exact) mass is 366 g/mol. The average molecular weight is 366 g/mol. The van der Waals surface area contributed by atoms with E-state index in [-0.39, 0.29) is 17.7 Å². The van der Waals surface area contributed by atoms with Crippen LogP contribution in [0.5, 0.6) is 0 Å². The number of rotatable bonds is 3. The lowest BCUT2D eigenvalue weighted by molar-refractivity contribution is -0.130. The lowest BCUT2D eigenvalue weighted by atomic mass is 10.1. The Labute approximate surface area is 157 Å². The Hall–Kier alpha value is -3.09. The highest BCUT2D eigenvalue weighted by molar-refractivity contribution is 6.01. The van der Waals surface area contributed by atoms with Gasteiger partial charge >= 0.3 is 0 Å². The summed E-state index contributed by atoms with van der Waals surface area (Å²) in [6.45, 7) is 2.34. The fraction of sp³-hybridized carbons (Fsp3) is 0.350. The second-order valence-corrected chi connectivity index (χ2v) is 7.00. The molecule has 0 spiro atoms. The highest BCUT2D eigenvalue weighted by atomic mass is 16.2. The highest BCUT2D eigenvalue weighted by Gasteiger charge is 2.25. The number of fused-ring (bicyclic) bond motifs is 1. The van der Waals surface area contributed by atoms with Crippen LogP contribution in [0.25, 0.3) is 0 Å². The largest absolute Gasteiger partial charge is 0.365 e. The van der Waals surface area contributed by atoms with E-state index in [0.717, 1.165) is 23.4 Å². The minimum absolute atomic E-state index is 0.0411. The number of hydrogen-bond donors (Lipinski definition) is 2. The summed E-state index contributed by atoms with van der Waals surface area (Å²) in [5.74, 6) is -0.00900. The maximum atomic E-state index is 12.9. The van der Waals surface area contributed by atoms with E-state index >= 15 is 0 Å². The Morgan fingerprint density at radius 3 is 2.67 bits per heavy atom. The molecular formula is C20H22N4O3. The molecular weight excluding hydrogens is 344 g/mol. The van der Waals surface area contributed by atoms with Gasteiger partial charge in [-0.25, -0.2) is 0 Å². The summed E-state index contributed by atoms with van der Waals surface area (Å²) >= 11 is 0. The summed E-state index contributed by atoms with van der Waals surface area (Å²) in [5, 5.41) is 2.78. The van der Waals surface area contributed by atoms with Gasteiger partial charge in [-0.2, -0.15) is 0 Å². The zero-order chi connectivity index (χ0) is 18.8. The summed E-state index contributed by atoms with van der Waals surface area (Å²) in [6.07, 6.45) is 3.24. The summed E-state index contributed by atoms with van der Waals surface area (Å²) in [5.41, 5.74) is 3.15. The summed E-state index contributed by atoms with van der Waals surface area (Å²) in [4.78, 5) is 43.5. The number of carbonyl (C=O) groups excluding carboxylic acids is 3. The van der Waals surface area contributed by atoms with Gasteiger partial charge in [0, 0.05) is 49.3 Å². The van der Waals surface area contributed by atoms with Crippen molar-refractivity contribution in [3.8, 4) is 0 Å². The van der Waals surface area contributed by atoms with Gasteiger partial charge in [-0.1, -0.05) is 0 Å². The SMILES string of the molecule is O=C1Cc2cc(C(=O)N3CCCN(C(=O)Cc4ccc[nH]4)CC3)ccc2N1. The molecule has 3 amide bonds. The van der Waals surface area contributed by atoms with Crippen LogP contribution in [0, 0.1) is 0 Å². The summed E-state index contributed by atoms with van der Waals surface area (Å²) in [7, 11) is 0. The number of H-pyrrole nitrogens is 1. The molecule has 27 heavy (non-hydrogen) atoms. The van der Waals surface area contributed by atoms with Crippen molar-refractivity contribution in [1.82, 2.24) is 14.8 Å². The van der Waals surface area contributed by atoms with E-state index in [0.29, 0.717) is 44.6 Å². The van der Waals surface area contributed by atoms with Crippen molar-refractivity contribution in [2.75, 3.05) is 31.5 Å². The number of carbonyl (C=O) groups is 3. The van der Waals surface area contributed by atoms with Gasteiger partial charge in [0.05, 0.1) is 12.8 Å². The van der Waals surface area contributed by atoms with E-state index in [1.807, 2.05) is 23.2 Å². The Bertz CT molecular complexity index is 875. The fourth-order valence-electron chi connectivity index (χ4n) is 3.67. The smallest absolute Gasteiger partial charge is 0.253 e. The molecule has 2 aliphatic heterocycles. The molecule has 2 aromatic rings. The molecule has 0 unspecified atom stereocenters. The maximum absolute atomic E-state index is 12.9. The van der Waals surface area contributed by atoms with E-state index in [1.54, 1.807) is 23.1 Å². The van der Waals surface area contributed by atoms with Crippen LogP contribution in [0.2, 0.25) is 0 Å². The molecule has 0 aliphatic carbocycles. The molecule has 2 aliphatic rings. The predicted octanol–water partition coefficient (Wildman–Crippen LogP) is 1.43. The van der Waals surface area contributed by atoms with Crippen LogP contribution in [0.1, 0.15) is 28.0 Å². The van der Waals surface area contributed by atoms with Gasteiger partial charge in [-0.05, 0) is 42.3 Å². The van der Waals surface area contributed by atoms with Gasteiger partial charge < -0.3 is 20.1 Å². The van der Waals surface area contributed by atoms with Gasteiger partial charge in [0.15, 0.2) is 0 Å². The molecule has 0 atom stereocenters. The zero-order valence-electron chi connectivity index (χ0n) is 15.0. The Balaban J connectivity index is 1.39. The van der Waals surface area contributed by atoms with Crippen molar-refractivity contribution in [2.24, 2.45) is 0 Å². The Kier molecular flexibility index (Phi) is 4.66. The van der Waals surface area contributed by atoms with Crippen molar-refractivity contribution in [1.29, 1.82) is 0 Å². The number of anilines is 1. The van der Waals surface area contributed by atoms with Crippen molar-refractivity contribution in [3.05, 3.63) is 53.3 Å². The molecule has 1 saturated heterocycles. The first kappa shape index (κ1) is 17.3. The molecule has 2 N–H and O–H groups in total. The fourth-order valence-corrected chi connectivity index (χ4v) is 3.67. The zero-order valence-corrected chi connectivity index (χ0v) is 15.0. The normalized spacial score (nSPS) is 16.7. The van der Waals surface area contributed by atoms with E-state index in [2.05, 4.69) is 10.3 Å². The molecule has 4 rings (SSSR count). The molecule has 1 aromatic heterocycles. The van der Waals surface area contributed by atoms with E-state index in [4.69, 9.17) is 0 Å².